The van der Waals surface area contributed by atoms with Crippen molar-refractivity contribution in [2.24, 2.45) is 17.1 Å². The number of rotatable bonds is 6. The Bertz CT molecular complexity index is 301. The molecule has 0 radical (unpaired) electrons. The molecule has 4 nitrogen and oxygen atoms in total. The number of nitrogens with one attached hydrogen (secondary N) is 1. The lowest BCUT2D eigenvalue weighted by Crippen LogP contribution is -2.56. The van der Waals surface area contributed by atoms with Gasteiger partial charge in [-0.3, -0.25) is 4.79 Å². The molecule has 1 fully saturated rings. The summed E-state index contributed by atoms with van der Waals surface area (Å²) in [4.78, 5) is 14.7. The minimum atomic E-state index is -0.555. The van der Waals surface area contributed by atoms with Crippen LogP contribution in [0.1, 0.15) is 47.5 Å². The monoisotopic (exact) mass is 269 g/mol. The molecule has 1 atom stereocenters. The summed E-state index contributed by atoms with van der Waals surface area (Å²) in [6.45, 7) is 14.0. The van der Waals surface area contributed by atoms with E-state index in [-0.39, 0.29) is 5.91 Å². The fourth-order valence-corrected chi connectivity index (χ4v) is 2.25. The van der Waals surface area contributed by atoms with Gasteiger partial charge in [-0.15, -0.1) is 0 Å². The van der Waals surface area contributed by atoms with E-state index in [9.17, 15) is 4.79 Å². The van der Waals surface area contributed by atoms with Gasteiger partial charge in [0.2, 0.25) is 5.91 Å². The molecule has 1 saturated heterocycles. The fourth-order valence-electron chi connectivity index (χ4n) is 2.25. The van der Waals surface area contributed by atoms with Crippen molar-refractivity contribution in [3.05, 3.63) is 0 Å². The Kier molecular flexibility index (Phi) is 5.39. The van der Waals surface area contributed by atoms with E-state index in [1.807, 2.05) is 27.7 Å². The second-order valence-electron chi connectivity index (χ2n) is 7.17. The first-order valence-corrected chi connectivity index (χ1v) is 7.44. The predicted octanol–water partition coefficient (Wildman–Crippen LogP) is 1.60. The summed E-state index contributed by atoms with van der Waals surface area (Å²) in [5.41, 5.74) is 5.01. The summed E-state index contributed by atoms with van der Waals surface area (Å²) >= 11 is 0. The van der Waals surface area contributed by atoms with Gasteiger partial charge in [-0.2, -0.15) is 0 Å². The molecule has 1 amide bonds. The summed E-state index contributed by atoms with van der Waals surface area (Å²) in [5, 5.41) is 3.06. The van der Waals surface area contributed by atoms with Gasteiger partial charge in [-0.05, 0) is 59.5 Å². The Hall–Kier alpha value is -0.610. The van der Waals surface area contributed by atoms with Crippen LogP contribution in [0.4, 0.5) is 0 Å². The lowest BCUT2D eigenvalue weighted by atomic mass is 9.74. The summed E-state index contributed by atoms with van der Waals surface area (Å²) in [6.07, 6.45) is 2.63. The first-order valence-electron chi connectivity index (χ1n) is 7.44. The number of nitrogens with two attached hydrogens (primary N) is 1. The van der Waals surface area contributed by atoms with E-state index in [0.29, 0.717) is 5.92 Å². The number of hydrogen-bond donors (Lipinski definition) is 2. The van der Waals surface area contributed by atoms with Gasteiger partial charge in [-0.25, -0.2) is 0 Å². The first kappa shape index (κ1) is 16.4. The quantitative estimate of drug-likeness (QED) is 0.770. The fraction of sp³-hybridized carbons (Fsp3) is 0.933. The van der Waals surface area contributed by atoms with E-state index < -0.39 is 11.0 Å². The topological polar surface area (TPSA) is 58.4 Å². The second kappa shape index (κ2) is 6.23. The van der Waals surface area contributed by atoms with Crippen LogP contribution < -0.4 is 11.1 Å². The van der Waals surface area contributed by atoms with Crippen molar-refractivity contribution < 1.29 is 4.79 Å². The number of carbonyl (C=O) groups is 1. The molecular weight excluding hydrogens is 238 g/mol. The minimum absolute atomic E-state index is 0.0493. The van der Waals surface area contributed by atoms with Gasteiger partial charge in [0.05, 0.1) is 5.41 Å². The molecule has 4 heteroatoms. The van der Waals surface area contributed by atoms with Gasteiger partial charge >= 0.3 is 0 Å². The Balaban J connectivity index is 2.37. The van der Waals surface area contributed by atoms with E-state index in [4.69, 9.17) is 5.73 Å². The molecule has 1 aliphatic heterocycles. The average Bonchev–Trinajstić information content (AvgIpc) is 2.76. The maximum absolute atomic E-state index is 12.2. The maximum atomic E-state index is 12.2. The molecule has 0 aliphatic carbocycles. The van der Waals surface area contributed by atoms with Crippen LogP contribution in [0.2, 0.25) is 0 Å². The molecule has 112 valence electrons. The van der Waals surface area contributed by atoms with Crippen LogP contribution >= 0.6 is 0 Å². The molecular formula is C15H31N3O. The summed E-state index contributed by atoms with van der Waals surface area (Å²) in [6, 6.07) is 0. The lowest BCUT2D eigenvalue weighted by Gasteiger charge is -2.37. The zero-order chi connectivity index (χ0) is 14.7. The first-order chi connectivity index (χ1) is 8.64. The van der Waals surface area contributed by atoms with Crippen molar-refractivity contribution in [1.82, 2.24) is 10.2 Å². The Morgan fingerprint density at radius 2 is 1.79 bits per heavy atom. The van der Waals surface area contributed by atoms with Crippen LogP contribution in [0.3, 0.4) is 0 Å². The molecule has 1 heterocycles. The van der Waals surface area contributed by atoms with Gasteiger partial charge in [0.15, 0.2) is 0 Å². The molecule has 0 spiro atoms. The molecule has 0 aromatic heterocycles. The van der Waals surface area contributed by atoms with Gasteiger partial charge in [0.25, 0.3) is 0 Å². The second-order valence-corrected chi connectivity index (χ2v) is 7.17. The Morgan fingerprint density at radius 3 is 2.26 bits per heavy atom. The number of amides is 1. The lowest BCUT2D eigenvalue weighted by molar-refractivity contribution is -0.132. The predicted molar refractivity (Wildman–Crippen MR) is 79.9 cm³/mol. The van der Waals surface area contributed by atoms with E-state index in [0.717, 1.165) is 13.1 Å². The summed E-state index contributed by atoms with van der Waals surface area (Å²) < 4.78 is 0. The highest BCUT2D eigenvalue weighted by Gasteiger charge is 2.40. The largest absolute Gasteiger partial charge is 0.355 e. The van der Waals surface area contributed by atoms with E-state index in [1.165, 1.54) is 25.9 Å². The van der Waals surface area contributed by atoms with E-state index >= 15 is 0 Å². The smallest absolute Gasteiger partial charge is 0.227 e. The Morgan fingerprint density at radius 1 is 1.26 bits per heavy atom. The zero-order valence-electron chi connectivity index (χ0n) is 13.3. The summed E-state index contributed by atoms with van der Waals surface area (Å²) in [7, 11) is 0. The van der Waals surface area contributed by atoms with Crippen LogP contribution in [0.5, 0.6) is 0 Å². The molecule has 0 aromatic carbocycles. The van der Waals surface area contributed by atoms with Gasteiger partial charge < -0.3 is 16.0 Å². The Labute approximate surface area is 118 Å². The van der Waals surface area contributed by atoms with Crippen molar-refractivity contribution in [3.8, 4) is 0 Å². The number of nitrogens with zero attached hydrogens (tertiary/aromatic N) is 1. The van der Waals surface area contributed by atoms with Crippen molar-refractivity contribution in [1.29, 1.82) is 0 Å². The van der Waals surface area contributed by atoms with Crippen LogP contribution in [0.15, 0.2) is 0 Å². The third-order valence-electron chi connectivity index (χ3n) is 4.56. The number of carbonyl (C=O) groups excluding carboxylic acids is 1. The van der Waals surface area contributed by atoms with Crippen LogP contribution in [0.25, 0.3) is 0 Å². The zero-order valence-corrected chi connectivity index (χ0v) is 13.3. The molecule has 0 saturated carbocycles. The van der Waals surface area contributed by atoms with E-state index in [2.05, 4.69) is 17.1 Å². The molecule has 3 N–H and O–H groups in total. The van der Waals surface area contributed by atoms with Crippen molar-refractivity contribution >= 4 is 5.91 Å². The highest BCUT2D eigenvalue weighted by atomic mass is 16.2. The standard InChI is InChI=1S/C15H31N3O/c1-12(11-18-8-6-7-9-18)10-17-13(19)14(2,3)15(4,5)16/h12H,6-11,16H2,1-5H3,(H,17,19). The molecule has 19 heavy (non-hydrogen) atoms. The van der Waals surface area contributed by atoms with Crippen molar-refractivity contribution in [3.63, 3.8) is 0 Å². The van der Waals surface area contributed by atoms with Crippen molar-refractivity contribution in [2.45, 2.75) is 53.0 Å². The van der Waals surface area contributed by atoms with Gasteiger partial charge in [0.1, 0.15) is 0 Å². The highest BCUT2D eigenvalue weighted by Crippen LogP contribution is 2.28. The number of likely N-dealkylation sites (tertiary alicyclic amines) is 1. The van der Waals surface area contributed by atoms with Gasteiger partial charge in [-0.1, -0.05) is 6.92 Å². The summed E-state index contributed by atoms with van der Waals surface area (Å²) in [5.74, 6) is 0.534. The molecule has 1 unspecified atom stereocenters. The van der Waals surface area contributed by atoms with E-state index in [1.54, 1.807) is 0 Å². The molecule has 0 aromatic rings. The molecule has 1 rings (SSSR count). The minimum Gasteiger partial charge on any atom is -0.355 e. The SMILES string of the molecule is CC(CNC(=O)C(C)(C)C(C)(C)N)CN1CCCC1. The van der Waals surface area contributed by atoms with Crippen LogP contribution in [-0.4, -0.2) is 42.5 Å². The van der Waals surface area contributed by atoms with Crippen LogP contribution in [0, 0.1) is 11.3 Å². The van der Waals surface area contributed by atoms with Crippen LogP contribution in [-0.2, 0) is 4.79 Å². The molecule has 0 bridgehead atoms. The third kappa shape index (κ3) is 4.46. The highest BCUT2D eigenvalue weighted by molar-refractivity contribution is 5.83. The third-order valence-corrected chi connectivity index (χ3v) is 4.56. The molecule has 1 aliphatic rings. The van der Waals surface area contributed by atoms with Gasteiger partial charge in [0, 0.05) is 18.6 Å². The average molecular weight is 269 g/mol. The normalized spacial score (nSPS) is 19.5. The number of hydrogen-bond acceptors (Lipinski definition) is 3. The van der Waals surface area contributed by atoms with Crippen molar-refractivity contribution in [2.75, 3.05) is 26.2 Å². The maximum Gasteiger partial charge on any atom is 0.227 e.